The van der Waals surface area contributed by atoms with Gasteiger partial charge in [0, 0.05) is 19.6 Å². The second-order valence-electron chi connectivity index (χ2n) is 5.67. The Morgan fingerprint density at radius 3 is 2.37 bits per heavy atom. The van der Waals surface area contributed by atoms with Crippen molar-refractivity contribution < 1.29 is 9.53 Å². The summed E-state index contributed by atoms with van der Waals surface area (Å²) in [5.74, 6) is 1.34. The van der Waals surface area contributed by atoms with Crippen LogP contribution in [0.15, 0.2) is 24.3 Å². The first-order valence-electron chi connectivity index (χ1n) is 6.96. The number of hydrogen-bond donors (Lipinski definition) is 0. The van der Waals surface area contributed by atoms with E-state index in [9.17, 15) is 4.79 Å². The predicted molar refractivity (Wildman–Crippen MR) is 75.8 cm³/mol. The lowest BCUT2D eigenvalue weighted by molar-refractivity contribution is -0.139. The number of benzene rings is 1. The van der Waals surface area contributed by atoms with E-state index in [2.05, 4.69) is 24.8 Å². The molecule has 1 saturated heterocycles. The van der Waals surface area contributed by atoms with Crippen LogP contribution in [0.5, 0.6) is 0 Å². The van der Waals surface area contributed by atoms with Crippen molar-refractivity contribution in [2.45, 2.75) is 26.8 Å². The fraction of sp³-hybridized carbons (Fsp3) is 0.562. The van der Waals surface area contributed by atoms with Crippen LogP contribution in [0, 0.1) is 11.8 Å². The highest BCUT2D eigenvalue weighted by atomic mass is 16.5. The van der Waals surface area contributed by atoms with Gasteiger partial charge in [0.2, 0.25) is 0 Å². The molecule has 2 atom stereocenters. The lowest BCUT2D eigenvalue weighted by atomic mass is 10.0. The zero-order chi connectivity index (χ0) is 13.8. The van der Waals surface area contributed by atoms with Gasteiger partial charge in [-0.15, -0.1) is 0 Å². The summed E-state index contributed by atoms with van der Waals surface area (Å²) in [6.07, 6.45) is 0.367. The van der Waals surface area contributed by atoms with E-state index >= 15 is 0 Å². The van der Waals surface area contributed by atoms with Crippen molar-refractivity contribution in [3.63, 3.8) is 0 Å². The van der Waals surface area contributed by atoms with Gasteiger partial charge in [-0.1, -0.05) is 38.1 Å². The third kappa shape index (κ3) is 3.57. The summed E-state index contributed by atoms with van der Waals surface area (Å²) in [7, 11) is 1.44. The lowest BCUT2D eigenvalue weighted by Gasteiger charge is -2.17. The molecule has 0 aromatic heterocycles. The summed E-state index contributed by atoms with van der Waals surface area (Å²) >= 11 is 0. The van der Waals surface area contributed by atoms with Crippen LogP contribution in [0.25, 0.3) is 0 Å². The van der Waals surface area contributed by atoms with E-state index < -0.39 is 0 Å². The molecule has 1 aliphatic rings. The molecule has 1 aromatic carbocycles. The van der Waals surface area contributed by atoms with Crippen molar-refractivity contribution in [2.75, 3.05) is 20.2 Å². The lowest BCUT2D eigenvalue weighted by Crippen LogP contribution is -2.21. The van der Waals surface area contributed by atoms with Crippen LogP contribution < -0.4 is 0 Å². The monoisotopic (exact) mass is 261 g/mol. The highest BCUT2D eigenvalue weighted by Crippen LogP contribution is 2.24. The number of rotatable bonds is 4. The smallest absolute Gasteiger partial charge is 0.309 e. The summed E-state index contributed by atoms with van der Waals surface area (Å²) in [6.45, 7) is 7.85. The van der Waals surface area contributed by atoms with E-state index in [1.54, 1.807) is 0 Å². The molecule has 0 saturated carbocycles. The largest absolute Gasteiger partial charge is 0.469 e. The van der Waals surface area contributed by atoms with Crippen LogP contribution in [0.2, 0.25) is 0 Å². The molecule has 0 spiro atoms. The number of carbonyl (C=O) groups excluding carboxylic acids is 1. The average molecular weight is 261 g/mol. The fourth-order valence-corrected chi connectivity index (χ4v) is 2.73. The number of carbonyl (C=O) groups is 1. The number of methoxy groups -OCH3 is 1. The maximum Gasteiger partial charge on any atom is 0.309 e. The second-order valence-corrected chi connectivity index (χ2v) is 5.67. The van der Waals surface area contributed by atoms with Crippen molar-refractivity contribution >= 4 is 5.97 Å². The minimum atomic E-state index is -0.171. The Morgan fingerprint density at radius 1 is 1.21 bits per heavy atom. The second kappa shape index (κ2) is 6.20. The molecule has 104 valence electrons. The third-order valence-electron chi connectivity index (χ3n) is 4.14. The molecular weight excluding hydrogens is 238 g/mol. The van der Waals surface area contributed by atoms with Gasteiger partial charge in [-0.25, -0.2) is 0 Å². The summed E-state index contributed by atoms with van der Waals surface area (Å²) in [5.41, 5.74) is 2.33. The van der Waals surface area contributed by atoms with E-state index in [-0.39, 0.29) is 5.97 Å². The van der Waals surface area contributed by atoms with Gasteiger partial charge < -0.3 is 4.74 Å². The molecule has 1 fully saturated rings. The Morgan fingerprint density at radius 2 is 1.79 bits per heavy atom. The first-order chi connectivity index (χ1) is 9.10. The van der Waals surface area contributed by atoms with E-state index in [1.807, 2.05) is 18.2 Å². The normalized spacial score (nSPS) is 23.5. The molecule has 2 rings (SSSR count). The maximum atomic E-state index is 11.4. The Kier molecular flexibility index (Phi) is 4.59. The molecule has 2 unspecified atom stereocenters. The molecule has 19 heavy (non-hydrogen) atoms. The molecule has 0 N–H and O–H groups in total. The van der Waals surface area contributed by atoms with Crippen LogP contribution in [0.3, 0.4) is 0 Å². The minimum Gasteiger partial charge on any atom is -0.469 e. The minimum absolute atomic E-state index is 0.171. The number of likely N-dealkylation sites (tertiary alicyclic amines) is 1. The third-order valence-corrected chi connectivity index (χ3v) is 4.14. The van der Waals surface area contributed by atoms with Gasteiger partial charge in [0.25, 0.3) is 0 Å². The highest BCUT2D eigenvalue weighted by Gasteiger charge is 2.26. The molecule has 0 radical (unpaired) electrons. The molecular formula is C16H23NO2. The van der Waals surface area contributed by atoms with Gasteiger partial charge in [-0.3, -0.25) is 9.69 Å². The van der Waals surface area contributed by atoms with E-state index in [0.717, 1.165) is 37.0 Å². The predicted octanol–water partition coefficient (Wildman–Crippen LogP) is 2.49. The summed E-state index contributed by atoms with van der Waals surface area (Å²) in [5, 5.41) is 0. The first kappa shape index (κ1) is 14.1. The van der Waals surface area contributed by atoms with Gasteiger partial charge in [-0.05, 0) is 23.0 Å². The number of ether oxygens (including phenoxy) is 1. The molecule has 0 aliphatic carbocycles. The summed E-state index contributed by atoms with van der Waals surface area (Å²) < 4.78 is 4.76. The van der Waals surface area contributed by atoms with Gasteiger partial charge in [0.15, 0.2) is 0 Å². The van der Waals surface area contributed by atoms with E-state index in [4.69, 9.17) is 4.74 Å². The number of hydrogen-bond acceptors (Lipinski definition) is 3. The van der Waals surface area contributed by atoms with E-state index in [1.165, 1.54) is 12.7 Å². The van der Waals surface area contributed by atoms with Crippen LogP contribution in [0.4, 0.5) is 0 Å². The van der Waals surface area contributed by atoms with Crippen molar-refractivity contribution in [2.24, 2.45) is 11.8 Å². The molecule has 1 aromatic rings. The van der Waals surface area contributed by atoms with Gasteiger partial charge in [-0.2, -0.15) is 0 Å². The standard InChI is InChI=1S/C16H23NO2/c1-12-9-17(10-13(12)2)11-15-7-5-4-6-14(15)8-16(18)19-3/h4-7,12-13H,8-11H2,1-3H3. The van der Waals surface area contributed by atoms with Crippen molar-refractivity contribution in [3.8, 4) is 0 Å². The molecule has 0 amide bonds. The quantitative estimate of drug-likeness (QED) is 0.780. The van der Waals surface area contributed by atoms with Crippen molar-refractivity contribution in [1.82, 2.24) is 4.90 Å². The Bertz CT molecular complexity index is 434. The molecule has 0 bridgehead atoms. The van der Waals surface area contributed by atoms with E-state index in [0.29, 0.717) is 6.42 Å². The molecule has 1 heterocycles. The zero-order valence-corrected chi connectivity index (χ0v) is 12.1. The maximum absolute atomic E-state index is 11.4. The molecule has 1 aliphatic heterocycles. The first-order valence-corrected chi connectivity index (χ1v) is 6.96. The number of esters is 1. The topological polar surface area (TPSA) is 29.5 Å². The molecule has 3 nitrogen and oxygen atoms in total. The van der Waals surface area contributed by atoms with Gasteiger partial charge >= 0.3 is 5.97 Å². The van der Waals surface area contributed by atoms with Gasteiger partial charge in [0.05, 0.1) is 13.5 Å². The fourth-order valence-electron chi connectivity index (χ4n) is 2.73. The summed E-state index contributed by atoms with van der Waals surface area (Å²) in [6, 6.07) is 8.16. The van der Waals surface area contributed by atoms with Crippen molar-refractivity contribution in [1.29, 1.82) is 0 Å². The van der Waals surface area contributed by atoms with Crippen LogP contribution >= 0.6 is 0 Å². The van der Waals surface area contributed by atoms with Gasteiger partial charge in [0.1, 0.15) is 0 Å². The van der Waals surface area contributed by atoms with Crippen molar-refractivity contribution in [3.05, 3.63) is 35.4 Å². The van der Waals surface area contributed by atoms with Crippen LogP contribution in [-0.2, 0) is 22.5 Å². The Hall–Kier alpha value is -1.35. The zero-order valence-electron chi connectivity index (χ0n) is 12.1. The Labute approximate surface area is 115 Å². The van der Waals surface area contributed by atoms with Crippen LogP contribution in [0.1, 0.15) is 25.0 Å². The number of nitrogens with zero attached hydrogens (tertiary/aromatic N) is 1. The summed E-state index contributed by atoms with van der Waals surface area (Å²) in [4.78, 5) is 13.9. The van der Waals surface area contributed by atoms with Crippen LogP contribution in [-0.4, -0.2) is 31.1 Å². The molecule has 3 heteroatoms. The highest BCUT2D eigenvalue weighted by molar-refractivity contribution is 5.72. The SMILES string of the molecule is COC(=O)Cc1ccccc1CN1CC(C)C(C)C1. The average Bonchev–Trinajstić information content (AvgIpc) is 2.70. The Balaban J connectivity index is 2.06.